The first-order valence-corrected chi connectivity index (χ1v) is 7.91. The maximum absolute atomic E-state index is 12.6. The van der Waals surface area contributed by atoms with Crippen molar-refractivity contribution in [3.05, 3.63) is 66.2 Å². The standard InChI is InChI=1S/C19H25N3O/c1-21(2)14-13-20-15-19(23)22(18-11-7-4-8-12-18)16-17-9-5-3-6-10-17/h3-12,20H,13-16H2,1-2H3. The van der Waals surface area contributed by atoms with Crippen molar-refractivity contribution in [2.45, 2.75) is 6.54 Å². The zero-order valence-corrected chi connectivity index (χ0v) is 13.9. The van der Waals surface area contributed by atoms with Crippen LogP contribution in [0.5, 0.6) is 0 Å². The summed E-state index contributed by atoms with van der Waals surface area (Å²) in [6.07, 6.45) is 0. The number of para-hydroxylation sites is 1. The van der Waals surface area contributed by atoms with Gasteiger partial charge in [0.15, 0.2) is 0 Å². The predicted octanol–water partition coefficient (Wildman–Crippen LogP) is 2.37. The van der Waals surface area contributed by atoms with Crippen molar-refractivity contribution in [1.82, 2.24) is 10.2 Å². The van der Waals surface area contributed by atoms with E-state index < -0.39 is 0 Å². The fourth-order valence-corrected chi connectivity index (χ4v) is 2.29. The molecule has 2 aromatic rings. The minimum Gasteiger partial charge on any atom is -0.308 e. The monoisotopic (exact) mass is 311 g/mol. The lowest BCUT2D eigenvalue weighted by Gasteiger charge is -2.23. The topological polar surface area (TPSA) is 35.6 Å². The molecule has 0 unspecified atom stereocenters. The zero-order valence-electron chi connectivity index (χ0n) is 13.9. The molecule has 0 bridgehead atoms. The van der Waals surface area contributed by atoms with Gasteiger partial charge in [0.25, 0.3) is 0 Å². The first-order valence-electron chi connectivity index (χ1n) is 7.91. The van der Waals surface area contributed by atoms with Crippen molar-refractivity contribution in [1.29, 1.82) is 0 Å². The molecule has 2 aromatic carbocycles. The van der Waals surface area contributed by atoms with Crippen molar-refractivity contribution in [2.24, 2.45) is 0 Å². The van der Waals surface area contributed by atoms with Crippen molar-refractivity contribution >= 4 is 11.6 Å². The number of carbonyl (C=O) groups excluding carboxylic acids is 1. The summed E-state index contributed by atoms with van der Waals surface area (Å²) in [5, 5.41) is 3.22. The molecule has 122 valence electrons. The molecule has 2 rings (SSSR count). The molecule has 4 nitrogen and oxygen atoms in total. The quantitative estimate of drug-likeness (QED) is 0.760. The van der Waals surface area contributed by atoms with Gasteiger partial charge in [-0.05, 0) is 31.8 Å². The highest BCUT2D eigenvalue weighted by atomic mass is 16.2. The average Bonchev–Trinajstić information content (AvgIpc) is 2.58. The van der Waals surface area contributed by atoms with E-state index in [0.29, 0.717) is 13.1 Å². The number of anilines is 1. The van der Waals surface area contributed by atoms with Crippen molar-refractivity contribution < 1.29 is 4.79 Å². The second-order valence-electron chi connectivity index (χ2n) is 5.78. The Morgan fingerprint density at radius 1 is 0.957 bits per heavy atom. The molecule has 23 heavy (non-hydrogen) atoms. The molecular weight excluding hydrogens is 286 g/mol. The van der Waals surface area contributed by atoms with Gasteiger partial charge < -0.3 is 15.1 Å². The van der Waals surface area contributed by atoms with Crippen molar-refractivity contribution in [2.75, 3.05) is 38.6 Å². The lowest BCUT2D eigenvalue weighted by Crippen LogP contribution is -2.39. The summed E-state index contributed by atoms with van der Waals surface area (Å²) in [5.41, 5.74) is 2.05. The first-order chi connectivity index (χ1) is 11.2. The third-order valence-corrected chi connectivity index (χ3v) is 3.56. The third-order valence-electron chi connectivity index (χ3n) is 3.56. The van der Waals surface area contributed by atoms with Crippen LogP contribution in [-0.4, -0.2) is 44.5 Å². The number of likely N-dealkylation sites (N-methyl/N-ethyl adjacent to an activating group) is 1. The highest BCUT2D eigenvalue weighted by Crippen LogP contribution is 2.16. The average molecular weight is 311 g/mol. The Balaban J connectivity index is 2.03. The molecule has 0 aliphatic rings. The van der Waals surface area contributed by atoms with Crippen LogP contribution in [0.15, 0.2) is 60.7 Å². The molecule has 0 aliphatic heterocycles. The van der Waals surface area contributed by atoms with Crippen LogP contribution < -0.4 is 10.2 Å². The van der Waals surface area contributed by atoms with Gasteiger partial charge >= 0.3 is 0 Å². The van der Waals surface area contributed by atoms with Gasteiger partial charge in [-0.2, -0.15) is 0 Å². The normalized spacial score (nSPS) is 10.7. The summed E-state index contributed by atoms with van der Waals surface area (Å²) in [4.78, 5) is 16.6. The largest absolute Gasteiger partial charge is 0.308 e. The maximum atomic E-state index is 12.6. The highest BCUT2D eigenvalue weighted by Gasteiger charge is 2.15. The van der Waals surface area contributed by atoms with Crippen LogP contribution >= 0.6 is 0 Å². The van der Waals surface area contributed by atoms with Crippen molar-refractivity contribution in [3.63, 3.8) is 0 Å². The minimum absolute atomic E-state index is 0.0822. The molecule has 0 saturated heterocycles. The van der Waals surface area contributed by atoms with Crippen LogP contribution in [0, 0.1) is 0 Å². The molecule has 1 amide bonds. The van der Waals surface area contributed by atoms with Gasteiger partial charge in [-0.1, -0.05) is 48.5 Å². The highest BCUT2D eigenvalue weighted by molar-refractivity contribution is 5.94. The molecule has 0 aromatic heterocycles. The van der Waals surface area contributed by atoms with Gasteiger partial charge in [0.05, 0.1) is 13.1 Å². The molecule has 4 heteroatoms. The van der Waals surface area contributed by atoms with E-state index in [1.807, 2.05) is 79.7 Å². The summed E-state index contributed by atoms with van der Waals surface area (Å²) >= 11 is 0. The van der Waals surface area contributed by atoms with E-state index in [1.54, 1.807) is 0 Å². The van der Waals surface area contributed by atoms with E-state index in [-0.39, 0.29) is 5.91 Å². The van der Waals surface area contributed by atoms with Crippen LogP contribution in [0.1, 0.15) is 5.56 Å². The summed E-state index contributed by atoms with van der Waals surface area (Å²) in [6.45, 7) is 2.64. The number of nitrogens with zero attached hydrogens (tertiary/aromatic N) is 2. The van der Waals surface area contributed by atoms with Crippen LogP contribution in [0.3, 0.4) is 0 Å². The molecule has 0 saturated carbocycles. The van der Waals surface area contributed by atoms with E-state index in [9.17, 15) is 4.79 Å². The first kappa shape index (κ1) is 17.2. The van der Waals surface area contributed by atoms with E-state index in [1.165, 1.54) is 0 Å². The third kappa shape index (κ3) is 5.85. The Morgan fingerprint density at radius 2 is 1.57 bits per heavy atom. The maximum Gasteiger partial charge on any atom is 0.241 e. The zero-order chi connectivity index (χ0) is 16.5. The molecule has 0 atom stereocenters. The molecule has 0 spiro atoms. The van der Waals surface area contributed by atoms with Crippen LogP contribution in [0.4, 0.5) is 5.69 Å². The fourth-order valence-electron chi connectivity index (χ4n) is 2.29. The smallest absolute Gasteiger partial charge is 0.241 e. The summed E-state index contributed by atoms with van der Waals surface area (Å²) < 4.78 is 0. The van der Waals surface area contributed by atoms with E-state index in [4.69, 9.17) is 0 Å². The second kappa shape index (κ2) is 9.08. The number of hydrogen-bond donors (Lipinski definition) is 1. The Kier molecular flexibility index (Phi) is 6.78. The van der Waals surface area contributed by atoms with Crippen LogP contribution in [0.2, 0.25) is 0 Å². The van der Waals surface area contributed by atoms with Crippen molar-refractivity contribution in [3.8, 4) is 0 Å². The van der Waals surface area contributed by atoms with E-state index >= 15 is 0 Å². The number of nitrogens with one attached hydrogen (secondary N) is 1. The SMILES string of the molecule is CN(C)CCNCC(=O)N(Cc1ccccc1)c1ccccc1. The van der Waals surface area contributed by atoms with Crippen LogP contribution in [0.25, 0.3) is 0 Å². The van der Waals surface area contributed by atoms with Gasteiger partial charge in [0.1, 0.15) is 0 Å². The van der Waals surface area contributed by atoms with Crippen LogP contribution in [-0.2, 0) is 11.3 Å². The summed E-state index contributed by atoms with van der Waals surface area (Å²) in [7, 11) is 4.05. The minimum atomic E-state index is 0.0822. The lowest BCUT2D eigenvalue weighted by molar-refractivity contribution is -0.117. The molecule has 0 heterocycles. The molecule has 0 aliphatic carbocycles. The van der Waals surface area contributed by atoms with E-state index in [0.717, 1.165) is 24.3 Å². The number of rotatable bonds is 8. The van der Waals surface area contributed by atoms with Gasteiger partial charge in [-0.25, -0.2) is 0 Å². The van der Waals surface area contributed by atoms with Gasteiger partial charge in [-0.15, -0.1) is 0 Å². The van der Waals surface area contributed by atoms with Gasteiger partial charge in [0.2, 0.25) is 5.91 Å². The second-order valence-corrected chi connectivity index (χ2v) is 5.78. The number of hydrogen-bond acceptors (Lipinski definition) is 3. The molecule has 1 N–H and O–H groups in total. The van der Waals surface area contributed by atoms with E-state index in [2.05, 4.69) is 10.2 Å². The Bertz CT molecular complexity index is 584. The van der Waals surface area contributed by atoms with Gasteiger partial charge in [-0.3, -0.25) is 4.79 Å². The summed E-state index contributed by atoms with van der Waals surface area (Å²) in [6, 6.07) is 19.9. The molecule has 0 fully saturated rings. The number of carbonyl (C=O) groups is 1. The molecular formula is C19H25N3O. The number of amides is 1. The lowest BCUT2D eigenvalue weighted by atomic mass is 10.2. The Morgan fingerprint density at radius 3 is 2.17 bits per heavy atom. The molecule has 0 radical (unpaired) electrons. The fraction of sp³-hybridized carbons (Fsp3) is 0.316. The Hall–Kier alpha value is -2.17. The van der Waals surface area contributed by atoms with Gasteiger partial charge in [0, 0.05) is 18.8 Å². The number of benzene rings is 2. The summed E-state index contributed by atoms with van der Waals surface area (Å²) in [5.74, 6) is 0.0822. The Labute approximate surface area is 138 Å². The predicted molar refractivity (Wildman–Crippen MR) is 95.5 cm³/mol.